The smallest absolute Gasteiger partial charge is 0.0646 e. The van der Waals surface area contributed by atoms with Gasteiger partial charge in [-0.3, -0.25) is 0 Å². The maximum Gasteiger partial charge on any atom is 0.0646 e. The summed E-state index contributed by atoms with van der Waals surface area (Å²) in [5.41, 5.74) is 4.23. The zero-order valence-electron chi connectivity index (χ0n) is 13.6. The van der Waals surface area contributed by atoms with Crippen molar-refractivity contribution < 1.29 is 5.11 Å². The van der Waals surface area contributed by atoms with Gasteiger partial charge < -0.3 is 5.11 Å². The lowest BCUT2D eigenvalue weighted by Crippen LogP contribution is -2.35. The van der Waals surface area contributed by atoms with Gasteiger partial charge in [0.15, 0.2) is 0 Å². The van der Waals surface area contributed by atoms with Crippen LogP contribution in [0.25, 0.3) is 11.1 Å². The maximum absolute atomic E-state index is 10.5. The van der Waals surface area contributed by atoms with E-state index in [1.807, 2.05) is 43.3 Å². The van der Waals surface area contributed by atoms with Crippen LogP contribution in [0.4, 0.5) is 0 Å². The van der Waals surface area contributed by atoms with Gasteiger partial charge in [0.05, 0.1) is 6.10 Å². The molecule has 0 spiro atoms. The highest BCUT2D eigenvalue weighted by atomic mass is 16.3. The second-order valence-corrected chi connectivity index (χ2v) is 6.19. The van der Waals surface area contributed by atoms with Crippen molar-refractivity contribution in [2.24, 2.45) is 0 Å². The Morgan fingerprint density at radius 3 is 1.61 bits per heavy atom. The Balaban J connectivity index is 2.02. The van der Waals surface area contributed by atoms with E-state index in [0.717, 1.165) is 11.1 Å². The average molecular weight is 302 g/mol. The summed E-state index contributed by atoms with van der Waals surface area (Å²) in [6, 6.07) is 29.1. The van der Waals surface area contributed by atoms with Crippen LogP contribution in [0.15, 0.2) is 84.9 Å². The summed E-state index contributed by atoms with van der Waals surface area (Å²) in [5, 5.41) is 10.5. The summed E-state index contributed by atoms with van der Waals surface area (Å²) < 4.78 is 0. The second kappa shape index (κ2) is 6.39. The predicted octanol–water partition coefficient (Wildman–Crippen LogP) is 5.04. The molecule has 0 aromatic heterocycles. The van der Waals surface area contributed by atoms with Crippen molar-refractivity contribution in [3.05, 3.63) is 96.1 Å². The predicted molar refractivity (Wildman–Crippen MR) is 96.5 cm³/mol. The third-order valence-corrected chi connectivity index (χ3v) is 4.80. The molecule has 1 unspecified atom stereocenters. The lowest BCUT2D eigenvalue weighted by atomic mass is 9.72. The fourth-order valence-electron chi connectivity index (χ4n) is 3.07. The monoisotopic (exact) mass is 302 g/mol. The van der Waals surface area contributed by atoms with E-state index in [4.69, 9.17) is 0 Å². The summed E-state index contributed by atoms with van der Waals surface area (Å²) in [7, 11) is 0. The van der Waals surface area contributed by atoms with Crippen molar-refractivity contribution in [1.82, 2.24) is 0 Å². The highest BCUT2D eigenvalue weighted by Crippen LogP contribution is 2.36. The molecule has 0 amide bonds. The first-order valence-electron chi connectivity index (χ1n) is 8.02. The lowest BCUT2D eigenvalue weighted by molar-refractivity contribution is 0.129. The van der Waals surface area contributed by atoms with Crippen molar-refractivity contribution in [3.63, 3.8) is 0 Å². The first kappa shape index (κ1) is 15.5. The Bertz CT molecular complexity index is 745. The summed E-state index contributed by atoms with van der Waals surface area (Å²) in [6.45, 7) is 3.96. The quantitative estimate of drug-likeness (QED) is 0.716. The Kier molecular flexibility index (Phi) is 4.31. The summed E-state index contributed by atoms with van der Waals surface area (Å²) in [4.78, 5) is 0. The molecular formula is C22H22O. The van der Waals surface area contributed by atoms with E-state index in [0.29, 0.717) is 0 Å². The highest BCUT2D eigenvalue weighted by Gasteiger charge is 2.33. The molecule has 0 fully saturated rings. The third kappa shape index (κ3) is 2.93. The van der Waals surface area contributed by atoms with Crippen LogP contribution in [0.5, 0.6) is 0 Å². The molecule has 0 aliphatic carbocycles. The van der Waals surface area contributed by atoms with E-state index >= 15 is 0 Å². The molecule has 0 heterocycles. The fraction of sp³-hybridized carbons (Fsp3) is 0.182. The standard InChI is InChI=1S/C22H22O/c1-17(23)22(2,20-11-7-4-8-12-20)21-15-13-19(14-16-21)18-9-5-3-6-10-18/h3-17,23H,1-2H3/t17?,22-/m1/s1. The molecule has 0 aliphatic heterocycles. The maximum atomic E-state index is 10.5. The van der Waals surface area contributed by atoms with Gasteiger partial charge in [0.25, 0.3) is 0 Å². The van der Waals surface area contributed by atoms with Crippen LogP contribution in [-0.2, 0) is 5.41 Å². The molecule has 0 saturated heterocycles. The summed E-state index contributed by atoms with van der Waals surface area (Å²) in [5.74, 6) is 0. The van der Waals surface area contributed by atoms with Gasteiger partial charge in [-0.15, -0.1) is 0 Å². The number of aliphatic hydroxyl groups is 1. The second-order valence-electron chi connectivity index (χ2n) is 6.19. The molecule has 0 aliphatic rings. The third-order valence-electron chi connectivity index (χ3n) is 4.80. The van der Waals surface area contributed by atoms with Crippen LogP contribution in [-0.4, -0.2) is 11.2 Å². The molecule has 1 N–H and O–H groups in total. The SMILES string of the molecule is CC(O)[C@](C)(c1ccccc1)c1ccc(-c2ccccc2)cc1. The lowest BCUT2D eigenvalue weighted by Gasteiger charge is -2.34. The van der Waals surface area contributed by atoms with Crippen molar-refractivity contribution in [1.29, 1.82) is 0 Å². The molecule has 116 valence electrons. The van der Waals surface area contributed by atoms with Gasteiger partial charge in [0, 0.05) is 5.41 Å². The Morgan fingerprint density at radius 1 is 0.652 bits per heavy atom. The van der Waals surface area contributed by atoms with Gasteiger partial charge in [0.2, 0.25) is 0 Å². The topological polar surface area (TPSA) is 20.2 Å². The first-order chi connectivity index (χ1) is 11.1. The molecule has 0 bridgehead atoms. The van der Waals surface area contributed by atoms with Crippen LogP contribution >= 0.6 is 0 Å². The zero-order valence-corrected chi connectivity index (χ0v) is 13.6. The van der Waals surface area contributed by atoms with Gasteiger partial charge in [-0.2, -0.15) is 0 Å². The van der Waals surface area contributed by atoms with E-state index in [9.17, 15) is 5.11 Å². The van der Waals surface area contributed by atoms with Gasteiger partial charge in [0.1, 0.15) is 0 Å². The number of benzene rings is 3. The Hall–Kier alpha value is -2.38. The number of rotatable bonds is 4. The Labute approximate surface area is 138 Å². The molecule has 0 radical (unpaired) electrons. The molecule has 3 aromatic rings. The molecule has 1 heteroatoms. The van der Waals surface area contributed by atoms with E-state index in [2.05, 4.69) is 55.5 Å². The average Bonchev–Trinajstić information content (AvgIpc) is 2.62. The number of hydrogen-bond donors (Lipinski definition) is 1. The minimum absolute atomic E-state index is 0.420. The normalized spacial score (nSPS) is 14.9. The minimum atomic E-state index is -0.479. The summed E-state index contributed by atoms with van der Waals surface area (Å²) in [6.07, 6.45) is -0.479. The van der Waals surface area contributed by atoms with Gasteiger partial charge in [-0.25, -0.2) is 0 Å². The van der Waals surface area contributed by atoms with Crippen LogP contribution in [0.1, 0.15) is 25.0 Å². The van der Waals surface area contributed by atoms with Crippen molar-refractivity contribution in [2.75, 3.05) is 0 Å². The fourth-order valence-corrected chi connectivity index (χ4v) is 3.07. The molecule has 3 aromatic carbocycles. The van der Waals surface area contributed by atoms with Gasteiger partial charge >= 0.3 is 0 Å². The van der Waals surface area contributed by atoms with Gasteiger partial charge in [-0.05, 0) is 36.1 Å². The van der Waals surface area contributed by atoms with Crippen LogP contribution in [0.2, 0.25) is 0 Å². The number of aliphatic hydroxyl groups excluding tert-OH is 1. The largest absolute Gasteiger partial charge is 0.392 e. The molecule has 23 heavy (non-hydrogen) atoms. The van der Waals surface area contributed by atoms with E-state index in [-0.39, 0.29) is 0 Å². The van der Waals surface area contributed by atoms with Crippen molar-refractivity contribution >= 4 is 0 Å². The summed E-state index contributed by atoms with van der Waals surface area (Å²) >= 11 is 0. The molecular weight excluding hydrogens is 280 g/mol. The van der Waals surface area contributed by atoms with Crippen LogP contribution in [0.3, 0.4) is 0 Å². The van der Waals surface area contributed by atoms with Crippen molar-refractivity contribution in [3.8, 4) is 11.1 Å². The number of hydrogen-bond acceptors (Lipinski definition) is 1. The van der Waals surface area contributed by atoms with Gasteiger partial charge in [-0.1, -0.05) is 84.9 Å². The van der Waals surface area contributed by atoms with E-state index in [1.54, 1.807) is 0 Å². The molecule has 0 saturated carbocycles. The molecule has 1 nitrogen and oxygen atoms in total. The molecule has 2 atom stereocenters. The van der Waals surface area contributed by atoms with E-state index < -0.39 is 11.5 Å². The first-order valence-corrected chi connectivity index (χ1v) is 8.02. The van der Waals surface area contributed by atoms with Crippen LogP contribution < -0.4 is 0 Å². The molecule has 3 rings (SSSR count). The van der Waals surface area contributed by atoms with E-state index in [1.165, 1.54) is 11.1 Å². The van der Waals surface area contributed by atoms with Crippen LogP contribution in [0, 0.1) is 0 Å². The Morgan fingerprint density at radius 2 is 1.09 bits per heavy atom. The zero-order chi connectivity index (χ0) is 16.3. The highest BCUT2D eigenvalue weighted by molar-refractivity contribution is 5.64. The minimum Gasteiger partial charge on any atom is -0.392 e. The van der Waals surface area contributed by atoms with Crippen molar-refractivity contribution in [2.45, 2.75) is 25.4 Å².